The summed E-state index contributed by atoms with van der Waals surface area (Å²) < 4.78 is 6.19. The first-order valence-corrected chi connectivity index (χ1v) is 5.10. The number of methoxy groups -OCH3 is 1. The molecule has 0 bridgehead atoms. The van der Waals surface area contributed by atoms with E-state index in [2.05, 4.69) is 4.74 Å². The Morgan fingerprint density at radius 2 is 2.12 bits per heavy atom. The van der Waals surface area contributed by atoms with Gasteiger partial charge in [-0.1, -0.05) is 0 Å². The molecule has 0 radical (unpaired) electrons. The van der Waals surface area contributed by atoms with Crippen molar-refractivity contribution in [3.05, 3.63) is 23.0 Å². The van der Waals surface area contributed by atoms with Crippen LogP contribution in [0.2, 0.25) is 0 Å². The summed E-state index contributed by atoms with van der Waals surface area (Å²) in [6, 6.07) is 0. The molecular formula is C11H15NO5. The minimum atomic E-state index is -1.03. The Morgan fingerprint density at radius 1 is 1.47 bits per heavy atom. The normalized spacial score (nSPS) is 10.3. The Balaban J connectivity index is 3.25. The number of aryl methyl sites for hydroxylation is 1. The van der Waals surface area contributed by atoms with Gasteiger partial charge in [0.15, 0.2) is 0 Å². The molecule has 0 atom stereocenters. The smallest absolute Gasteiger partial charge is 0.339 e. The molecule has 1 aromatic heterocycles. The summed E-state index contributed by atoms with van der Waals surface area (Å²) in [6.07, 6.45) is 1.36. The molecule has 0 aliphatic carbocycles. The standard InChI is InChI=1S/C11H15NO5/c1-7-6-12(3-4-13)8(5-9(14)15)10(7)11(16)17-2/h6,13H,3-5H2,1-2H3,(H,14,15). The highest BCUT2D eigenvalue weighted by atomic mass is 16.5. The third-order valence-corrected chi connectivity index (χ3v) is 2.43. The lowest BCUT2D eigenvalue weighted by Gasteiger charge is -2.07. The second kappa shape index (κ2) is 5.49. The fourth-order valence-corrected chi connectivity index (χ4v) is 1.77. The van der Waals surface area contributed by atoms with Gasteiger partial charge in [0.25, 0.3) is 0 Å². The zero-order valence-electron chi connectivity index (χ0n) is 9.77. The van der Waals surface area contributed by atoms with Crippen LogP contribution in [0.1, 0.15) is 21.6 Å². The van der Waals surface area contributed by atoms with Crippen LogP contribution in [0.3, 0.4) is 0 Å². The second-order valence-electron chi connectivity index (χ2n) is 3.61. The highest BCUT2D eigenvalue weighted by Crippen LogP contribution is 2.19. The molecule has 1 aromatic rings. The molecule has 0 spiro atoms. The number of aliphatic hydroxyl groups excluding tert-OH is 1. The van der Waals surface area contributed by atoms with Gasteiger partial charge in [0.1, 0.15) is 0 Å². The number of hydrogen-bond donors (Lipinski definition) is 2. The summed E-state index contributed by atoms with van der Waals surface area (Å²) in [5.74, 6) is -1.59. The number of aromatic nitrogens is 1. The fourth-order valence-electron chi connectivity index (χ4n) is 1.77. The zero-order valence-corrected chi connectivity index (χ0v) is 9.77. The lowest BCUT2D eigenvalue weighted by molar-refractivity contribution is -0.136. The first-order chi connectivity index (χ1) is 8.01. The van der Waals surface area contributed by atoms with E-state index in [1.54, 1.807) is 17.7 Å². The van der Waals surface area contributed by atoms with E-state index >= 15 is 0 Å². The van der Waals surface area contributed by atoms with Crippen molar-refractivity contribution in [1.29, 1.82) is 0 Å². The maximum atomic E-state index is 11.6. The van der Waals surface area contributed by atoms with Crippen LogP contribution in [0, 0.1) is 6.92 Å². The maximum Gasteiger partial charge on any atom is 0.339 e. The van der Waals surface area contributed by atoms with Crippen molar-refractivity contribution in [3.8, 4) is 0 Å². The van der Waals surface area contributed by atoms with Gasteiger partial charge in [-0.3, -0.25) is 4.79 Å². The Kier molecular flexibility index (Phi) is 4.28. The van der Waals surface area contributed by atoms with Crippen molar-refractivity contribution in [2.24, 2.45) is 0 Å². The van der Waals surface area contributed by atoms with Gasteiger partial charge in [-0.25, -0.2) is 4.79 Å². The van der Waals surface area contributed by atoms with E-state index in [0.29, 0.717) is 11.3 Å². The van der Waals surface area contributed by atoms with Crippen LogP contribution in [0.5, 0.6) is 0 Å². The number of ether oxygens (including phenoxy) is 1. The Bertz CT molecular complexity index is 435. The Labute approximate surface area is 98.4 Å². The number of carboxylic acid groups (broad SMARTS) is 1. The molecule has 17 heavy (non-hydrogen) atoms. The van der Waals surface area contributed by atoms with Crippen molar-refractivity contribution in [1.82, 2.24) is 4.57 Å². The minimum Gasteiger partial charge on any atom is -0.481 e. The van der Waals surface area contributed by atoms with Gasteiger partial charge < -0.3 is 19.5 Å². The zero-order chi connectivity index (χ0) is 13.0. The third-order valence-electron chi connectivity index (χ3n) is 2.43. The molecule has 0 aliphatic heterocycles. The largest absolute Gasteiger partial charge is 0.481 e. The highest BCUT2D eigenvalue weighted by Gasteiger charge is 2.21. The average molecular weight is 241 g/mol. The molecular weight excluding hydrogens is 226 g/mol. The van der Waals surface area contributed by atoms with E-state index < -0.39 is 11.9 Å². The summed E-state index contributed by atoms with van der Waals surface area (Å²) >= 11 is 0. The lowest BCUT2D eigenvalue weighted by Crippen LogP contribution is -2.14. The van der Waals surface area contributed by atoms with Gasteiger partial charge in [0, 0.05) is 18.4 Å². The van der Waals surface area contributed by atoms with Crippen LogP contribution in [0.4, 0.5) is 0 Å². The van der Waals surface area contributed by atoms with Crippen molar-refractivity contribution < 1.29 is 24.5 Å². The third kappa shape index (κ3) is 2.85. The number of aliphatic hydroxyl groups is 1. The molecule has 0 fully saturated rings. The number of esters is 1. The summed E-state index contributed by atoms with van der Waals surface area (Å²) in [7, 11) is 1.25. The van der Waals surface area contributed by atoms with Crippen LogP contribution >= 0.6 is 0 Å². The quantitative estimate of drug-likeness (QED) is 0.719. The van der Waals surface area contributed by atoms with Gasteiger partial charge in [-0.15, -0.1) is 0 Å². The number of carbonyl (C=O) groups is 2. The molecule has 2 N–H and O–H groups in total. The van der Waals surface area contributed by atoms with E-state index in [4.69, 9.17) is 10.2 Å². The average Bonchev–Trinajstić information content (AvgIpc) is 2.54. The van der Waals surface area contributed by atoms with Gasteiger partial charge >= 0.3 is 11.9 Å². The molecule has 6 nitrogen and oxygen atoms in total. The molecule has 0 aromatic carbocycles. The van der Waals surface area contributed by atoms with E-state index in [1.165, 1.54) is 7.11 Å². The second-order valence-corrected chi connectivity index (χ2v) is 3.61. The maximum absolute atomic E-state index is 11.6. The SMILES string of the molecule is COC(=O)c1c(C)cn(CCO)c1CC(=O)O. The number of hydrogen-bond acceptors (Lipinski definition) is 4. The van der Waals surface area contributed by atoms with E-state index in [9.17, 15) is 9.59 Å². The van der Waals surface area contributed by atoms with Gasteiger partial charge in [0.05, 0.1) is 25.7 Å². The topological polar surface area (TPSA) is 88.8 Å². The van der Waals surface area contributed by atoms with Crippen LogP contribution in [0.25, 0.3) is 0 Å². The predicted octanol–water partition coefficient (Wildman–Crippen LogP) is 0.203. The lowest BCUT2D eigenvalue weighted by atomic mass is 10.1. The van der Waals surface area contributed by atoms with Crippen LogP contribution < -0.4 is 0 Å². The molecule has 0 amide bonds. The van der Waals surface area contributed by atoms with Crippen molar-refractivity contribution in [3.63, 3.8) is 0 Å². The highest BCUT2D eigenvalue weighted by molar-refractivity contribution is 5.93. The summed E-state index contributed by atoms with van der Waals surface area (Å²) in [4.78, 5) is 22.3. The summed E-state index contributed by atoms with van der Waals surface area (Å²) in [5, 5.41) is 17.7. The molecule has 6 heteroatoms. The molecule has 0 unspecified atom stereocenters. The number of rotatable bonds is 5. The van der Waals surface area contributed by atoms with Crippen LogP contribution in [0.15, 0.2) is 6.20 Å². The predicted molar refractivity (Wildman–Crippen MR) is 58.9 cm³/mol. The Hall–Kier alpha value is -1.82. The first-order valence-electron chi connectivity index (χ1n) is 5.10. The monoisotopic (exact) mass is 241 g/mol. The molecule has 0 saturated heterocycles. The molecule has 0 saturated carbocycles. The van der Waals surface area contributed by atoms with Crippen molar-refractivity contribution in [2.45, 2.75) is 19.9 Å². The van der Waals surface area contributed by atoms with Gasteiger partial charge in [0.2, 0.25) is 0 Å². The van der Waals surface area contributed by atoms with Gasteiger partial charge in [-0.2, -0.15) is 0 Å². The van der Waals surface area contributed by atoms with Crippen LogP contribution in [-0.2, 0) is 22.5 Å². The molecule has 94 valence electrons. The summed E-state index contributed by atoms with van der Waals surface area (Å²) in [6.45, 7) is 1.83. The first kappa shape index (κ1) is 13.2. The summed E-state index contributed by atoms with van der Waals surface area (Å²) in [5.41, 5.74) is 1.26. The van der Waals surface area contributed by atoms with Gasteiger partial charge in [-0.05, 0) is 12.5 Å². The van der Waals surface area contributed by atoms with E-state index in [1.807, 2.05) is 0 Å². The van der Waals surface area contributed by atoms with Crippen molar-refractivity contribution >= 4 is 11.9 Å². The number of carboxylic acids is 1. The Morgan fingerprint density at radius 3 is 2.59 bits per heavy atom. The van der Waals surface area contributed by atoms with Crippen molar-refractivity contribution in [2.75, 3.05) is 13.7 Å². The number of nitrogens with zero attached hydrogens (tertiary/aromatic N) is 1. The van der Waals surface area contributed by atoms with Crippen LogP contribution in [-0.4, -0.2) is 40.4 Å². The number of aliphatic carboxylic acids is 1. The minimum absolute atomic E-state index is 0.124. The number of carbonyl (C=O) groups excluding carboxylic acids is 1. The van der Waals surface area contributed by atoms with E-state index in [0.717, 1.165) is 0 Å². The van der Waals surface area contributed by atoms with E-state index in [-0.39, 0.29) is 25.1 Å². The molecule has 1 heterocycles. The molecule has 1 rings (SSSR count). The fraction of sp³-hybridized carbons (Fsp3) is 0.455. The molecule has 0 aliphatic rings.